The first kappa shape index (κ1) is 17.6. The second-order valence-electron chi connectivity index (χ2n) is 7.33. The van der Waals surface area contributed by atoms with Crippen LogP contribution in [0.4, 0.5) is 5.69 Å². The smallest absolute Gasteiger partial charge is 0.227 e. The minimum atomic E-state index is 0.150. The molecule has 25 heavy (non-hydrogen) atoms. The summed E-state index contributed by atoms with van der Waals surface area (Å²) < 4.78 is 6.08. The summed E-state index contributed by atoms with van der Waals surface area (Å²) in [5.41, 5.74) is 0.810. The van der Waals surface area contributed by atoms with Crippen molar-refractivity contribution in [3.8, 4) is 5.75 Å². The SMILES string of the molecule is CCOc1ccccc1NC(=O)C1CC2CCCC(C1)C21SCCS1. The number of amides is 1. The predicted molar refractivity (Wildman–Crippen MR) is 107 cm³/mol. The minimum absolute atomic E-state index is 0.150. The summed E-state index contributed by atoms with van der Waals surface area (Å²) in [4.78, 5) is 13.0. The maximum Gasteiger partial charge on any atom is 0.227 e. The Morgan fingerprint density at radius 3 is 2.56 bits per heavy atom. The molecule has 1 N–H and O–H groups in total. The lowest BCUT2D eigenvalue weighted by Crippen LogP contribution is -2.48. The Hall–Kier alpha value is -0.810. The van der Waals surface area contributed by atoms with Crippen molar-refractivity contribution >= 4 is 35.1 Å². The first-order valence-electron chi connectivity index (χ1n) is 9.53. The third-order valence-electron chi connectivity index (χ3n) is 5.94. The van der Waals surface area contributed by atoms with Crippen LogP contribution in [0.2, 0.25) is 0 Å². The Labute approximate surface area is 159 Å². The van der Waals surface area contributed by atoms with Gasteiger partial charge in [0.1, 0.15) is 5.75 Å². The van der Waals surface area contributed by atoms with Gasteiger partial charge in [-0.05, 0) is 56.6 Å². The van der Waals surface area contributed by atoms with E-state index in [-0.39, 0.29) is 11.8 Å². The molecule has 2 atom stereocenters. The van der Waals surface area contributed by atoms with Gasteiger partial charge >= 0.3 is 0 Å². The van der Waals surface area contributed by atoms with Crippen molar-refractivity contribution in [2.45, 2.75) is 43.1 Å². The van der Waals surface area contributed by atoms with Crippen molar-refractivity contribution < 1.29 is 9.53 Å². The van der Waals surface area contributed by atoms with Crippen molar-refractivity contribution in [2.75, 3.05) is 23.4 Å². The Kier molecular flexibility index (Phi) is 5.23. The lowest BCUT2D eigenvalue weighted by molar-refractivity contribution is -0.122. The summed E-state index contributed by atoms with van der Waals surface area (Å²) in [6.45, 7) is 2.58. The number of anilines is 1. The molecule has 1 aromatic rings. The highest BCUT2D eigenvalue weighted by molar-refractivity contribution is 8.21. The lowest BCUT2D eigenvalue weighted by atomic mass is 9.67. The molecule has 0 radical (unpaired) electrons. The van der Waals surface area contributed by atoms with E-state index in [1.807, 2.05) is 31.2 Å². The van der Waals surface area contributed by atoms with E-state index in [1.165, 1.54) is 30.8 Å². The van der Waals surface area contributed by atoms with Crippen molar-refractivity contribution in [1.29, 1.82) is 0 Å². The first-order valence-corrected chi connectivity index (χ1v) is 11.5. The number of para-hydroxylation sites is 2. The maximum absolute atomic E-state index is 13.0. The van der Waals surface area contributed by atoms with Crippen molar-refractivity contribution in [3.05, 3.63) is 24.3 Å². The quantitative estimate of drug-likeness (QED) is 0.799. The van der Waals surface area contributed by atoms with Crippen molar-refractivity contribution in [3.63, 3.8) is 0 Å². The van der Waals surface area contributed by atoms with Crippen LogP contribution in [0.15, 0.2) is 24.3 Å². The van der Waals surface area contributed by atoms with Crippen LogP contribution in [0.5, 0.6) is 5.75 Å². The van der Waals surface area contributed by atoms with Gasteiger partial charge in [-0.15, -0.1) is 23.5 Å². The predicted octanol–water partition coefficient (Wildman–Crippen LogP) is 5.03. The molecule has 1 aromatic carbocycles. The van der Waals surface area contributed by atoms with Crippen LogP contribution >= 0.6 is 23.5 Å². The fourth-order valence-electron chi connectivity index (χ4n) is 4.91. The van der Waals surface area contributed by atoms with Gasteiger partial charge in [0.25, 0.3) is 0 Å². The van der Waals surface area contributed by atoms with Gasteiger partial charge in [0, 0.05) is 17.4 Å². The standard InChI is InChI=1S/C20H27NO2S2/c1-2-23-18-9-4-3-8-17(18)21-19(22)14-12-15-6-5-7-16(13-14)20(15)24-10-11-25-20/h3-4,8-9,14-16H,2,5-7,10-13H2,1H3,(H,21,22). The number of benzene rings is 1. The van der Waals surface area contributed by atoms with Gasteiger partial charge in [0.2, 0.25) is 5.91 Å². The van der Waals surface area contributed by atoms with E-state index in [0.29, 0.717) is 22.5 Å². The maximum atomic E-state index is 13.0. The molecule has 2 bridgehead atoms. The van der Waals surface area contributed by atoms with Crippen LogP contribution in [0.3, 0.4) is 0 Å². The molecule has 3 nitrogen and oxygen atoms in total. The Morgan fingerprint density at radius 1 is 1.20 bits per heavy atom. The normalized spacial score (nSPS) is 30.2. The molecule has 1 aliphatic heterocycles. The Balaban J connectivity index is 1.47. The molecular weight excluding hydrogens is 350 g/mol. The van der Waals surface area contributed by atoms with Crippen LogP contribution in [0.1, 0.15) is 39.0 Å². The molecule has 3 aliphatic rings. The first-order chi connectivity index (χ1) is 12.2. The number of carbonyl (C=O) groups is 1. The van der Waals surface area contributed by atoms with Crippen molar-refractivity contribution in [1.82, 2.24) is 0 Å². The summed E-state index contributed by atoms with van der Waals surface area (Å²) in [6, 6.07) is 7.77. The highest BCUT2D eigenvalue weighted by Gasteiger charge is 2.55. The summed E-state index contributed by atoms with van der Waals surface area (Å²) in [5.74, 6) is 5.09. The molecule has 3 fully saturated rings. The van der Waals surface area contributed by atoms with E-state index in [4.69, 9.17) is 4.74 Å². The second-order valence-corrected chi connectivity index (χ2v) is 10.3. The zero-order valence-electron chi connectivity index (χ0n) is 14.8. The van der Waals surface area contributed by atoms with Gasteiger partial charge in [0.05, 0.1) is 16.4 Å². The van der Waals surface area contributed by atoms with Gasteiger partial charge in [-0.25, -0.2) is 0 Å². The largest absolute Gasteiger partial charge is 0.492 e. The fraction of sp³-hybridized carbons (Fsp3) is 0.650. The van der Waals surface area contributed by atoms with Crippen LogP contribution in [-0.4, -0.2) is 28.1 Å². The number of thioether (sulfide) groups is 2. The molecule has 1 amide bonds. The van der Waals surface area contributed by atoms with E-state index in [2.05, 4.69) is 28.8 Å². The number of carbonyl (C=O) groups excluding carboxylic acids is 1. The third-order valence-corrected chi connectivity index (χ3v) is 9.95. The van der Waals surface area contributed by atoms with Crippen LogP contribution in [0.25, 0.3) is 0 Å². The van der Waals surface area contributed by atoms with Crippen LogP contribution in [0, 0.1) is 17.8 Å². The van der Waals surface area contributed by atoms with Gasteiger partial charge in [-0.2, -0.15) is 0 Å². The van der Waals surface area contributed by atoms with E-state index < -0.39 is 0 Å². The zero-order chi connectivity index (χ0) is 17.3. The monoisotopic (exact) mass is 377 g/mol. The number of nitrogens with one attached hydrogen (secondary N) is 1. The van der Waals surface area contributed by atoms with E-state index >= 15 is 0 Å². The zero-order valence-corrected chi connectivity index (χ0v) is 16.5. The number of ether oxygens (including phenoxy) is 1. The molecule has 2 aliphatic carbocycles. The molecule has 1 heterocycles. The Bertz CT molecular complexity index is 614. The van der Waals surface area contributed by atoms with E-state index in [1.54, 1.807) is 0 Å². The lowest BCUT2D eigenvalue weighted by Gasteiger charge is -2.52. The van der Waals surface area contributed by atoms with Crippen LogP contribution < -0.4 is 10.1 Å². The summed E-state index contributed by atoms with van der Waals surface area (Å²) in [7, 11) is 0. The summed E-state index contributed by atoms with van der Waals surface area (Å²) in [5, 5.41) is 3.16. The van der Waals surface area contributed by atoms with E-state index in [9.17, 15) is 4.79 Å². The topological polar surface area (TPSA) is 38.3 Å². The highest BCUT2D eigenvalue weighted by Crippen LogP contribution is 2.64. The average Bonchev–Trinajstić information content (AvgIpc) is 3.06. The minimum Gasteiger partial charge on any atom is -0.492 e. The van der Waals surface area contributed by atoms with E-state index in [0.717, 1.165) is 24.3 Å². The molecule has 136 valence electrons. The molecule has 2 unspecified atom stereocenters. The number of rotatable bonds is 4. The molecule has 4 rings (SSSR count). The third kappa shape index (κ3) is 3.30. The van der Waals surface area contributed by atoms with Gasteiger partial charge in [-0.3, -0.25) is 4.79 Å². The average molecular weight is 378 g/mol. The molecular formula is C20H27NO2S2. The van der Waals surface area contributed by atoms with Crippen LogP contribution in [-0.2, 0) is 4.79 Å². The number of hydrogen-bond donors (Lipinski definition) is 1. The van der Waals surface area contributed by atoms with Crippen molar-refractivity contribution in [2.24, 2.45) is 17.8 Å². The van der Waals surface area contributed by atoms with Gasteiger partial charge < -0.3 is 10.1 Å². The molecule has 1 spiro atoms. The fourth-order valence-corrected chi connectivity index (χ4v) is 8.85. The van der Waals surface area contributed by atoms with Gasteiger partial charge in [-0.1, -0.05) is 18.6 Å². The summed E-state index contributed by atoms with van der Waals surface area (Å²) in [6.07, 6.45) is 6.06. The molecule has 1 saturated heterocycles. The Morgan fingerprint density at radius 2 is 1.88 bits per heavy atom. The molecule has 0 aromatic heterocycles. The second kappa shape index (κ2) is 7.43. The number of hydrogen-bond acceptors (Lipinski definition) is 4. The molecule has 2 saturated carbocycles. The molecule has 5 heteroatoms. The van der Waals surface area contributed by atoms with Gasteiger partial charge in [0.15, 0.2) is 0 Å². The highest BCUT2D eigenvalue weighted by atomic mass is 32.2. The summed E-state index contributed by atoms with van der Waals surface area (Å²) >= 11 is 4.39.